The fourth-order valence-electron chi connectivity index (χ4n) is 9.84. The number of nitrogens with one attached hydrogen (secondary N) is 1. The molecule has 1 N–H and O–H groups in total. The average Bonchev–Trinajstić information content (AvgIpc) is 4.03. The predicted octanol–water partition coefficient (Wildman–Crippen LogP) is 6.73. The number of sulfonamides is 1. The molecule has 13 nitrogen and oxygen atoms in total. The van der Waals surface area contributed by atoms with Crippen LogP contribution in [0, 0.1) is 34.5 Å². The van der Waals surface area contributed by atoms with Crippen LogP contribution < -0.4 is 14.2 Å². The molecule has 5 aliphatic rings. The third-order valence-electron chi connectivity index (χ3n) is 14.1. The van der Waals surface area contributed by atoms with Crippen LogP contribution in [0.3, 0.4) is 0 Å². The SMILES string of the molecule is CC[C@@H]1[C@@H]2CN(C(=O)[C@H](C(C)(C)C)CC(=O)O[C@@H]3CCC[C@H]3CCCCCc3nc4ccc(OC)cc4nc3O2)[C@@H]1C(=O)C[C@]1(C(=O)NS(=O)(=O)C2(C)CC2)C[C@H]1C(F)F. The van der Waals surface area contributed by atoms with Crippen LogP contribution >= 0.6 is 0 Å². The Morgan fingerprint density at radius 2 is 1.75 bits per heavy atom. The molecular formula is C44H60F2N4O9S. The zero-order chi connectivity index (χ0) is 43.4. The van der Waals surface area contributed by atoms with Gasteiger partial charge in [0.2, 0.25) is 34.1 Å². The summed E-state index contributed by atoms with van der Waals surface area (Å²) in [6.07, 6.45) is 2.29. The number of hydrogen-bond acceptors (Lipinski definition) is 11. The van der Waals surface area contributed by atoms with Gasteiger partial charge in [-0.2, -0.15) is 0 Å². The average molecular weight is 859 g/mol. The molecule has 2 aromatic rings. The zero-order valence-electron chi connectivity index (χ0n) is 35.6. The Bertz CT molecular complexity index is 2110. The lowest BCUT2D eigenvalue weighted by Crippen LogP contribution is -2.50. The van der Waals surface area contributed by atoms with Crippen molar-refractivity contribution in [3.8, 4) is 11.6 Å². The summed E-state index contributed by atoms with van der Waals surface area (Å²) in [6.45, 7) is 8.75. The van der Waals surface area contributed by atoms with Crippen molar-refractivity contribution in [1.82, 2.24) is 19.6 Å². The number of alkyl halides is 2. The molecule has 2 aliphatic heterocycles. The van der Waals surface area contributed by atoms with E-state index in [1.54, 1.807) is 19.2 Å². The van der Waals surface area contributed by atoms with E-state index in [9.17, 15) is 31.6 Å². The maximum absolute atomic E-state index is 15.1. The summed E-state index contributed by atoms with van der Waals surface area (Å²) in [5.41, 5.74) is -0.970. The number of ether oxygens (including phenoxy) is 3. The number of amides is 2. The number of nitrogens with zero attached hydrogens (tertiary/aromatic N) is 3. The molecule has 4 fully saturated rings. The highest BCUT2D eigenvalue weighted by Crippen LogP contribution is 2.59. The third kappa shape index (κ3) is 8.72. The number of methoxy groups -OCH3 is 1. The van der Waals surface area contributed by atoms with Gasteiger partial charge < -0.3 is 19.1 Å². The molecule has 0 spiro atoms. The van der Waals surface area contributed by atoms with Gasteiger partial charge in [0.25, 0.3) is 0 Å². The molecule has 0 unspecified atom stereocenters. The molecule has 2 bridgehead atoms. The second-order valence-electron chi connectivity index (χ2n) is 19.3. The van der Waals surface area contributed by atoms with E-state index in [1.165, 1.54) is 11.8 Å². The highest BCUT2D eigenvalue weighted by atomic mass is 32.2. The van der Waals surface area contributed by atoms with E-state index in [-0.39, 0.29) is 37.3 Å². The largest absolute Gasteiger partial charge is 0.497 e. The number of fused-ring (bicyclic) bond motifs is 5. The quantitative estimate of drug-likeness (QED) is 0.265. The van der Waals surface area contributed by atoms with Crippen LogP contribution in [0.1, 0.15) is 124 Å². The fourth-order valence-corrected chi connectivity index (χ4v) is 11.2. The van der Waals surface area contributed by atoms with E-state index in [2.05, 4.69) is 4.72 Å². The van der Waals surface area contributed by atoms with Gasteiger partial charge in [-0.25, -0.2) is 27.2 Å². The third-order valence-corrected chi connectivity index (χ3v) is 16.3. The van der Waals surface area contributed by atoms with Gasteiger partial charge in [0.05, 0.1) is 53.2 Å². The summed E-state index contributed by atoms with van der Waals surface area (Å²) >= 11 is 0. The summed E-state index contributed by atoms with van der Waals surface area (Å²) in [5, 5.41) is 0. The summed E-state index contributed by atoms with van der Waals surface area (Å²) in [7, 11) is -2.65. The van der Waals surface area contributed by atoms with Crippen molar-refractivity contribution in [3.05, 3.63) is 23.9 Å². The molecule has 7 rings (SSSR count). The second kappa shape index (κ2) is 16.7. The highest BCUT2D eigenvalue weighted by Gasteiger charge is 2.67. The van der Waals surface area contributed by atoms with Crippen LogP contribution in [-0.4, -0.2) is 89.9 Å². The first kappa shape index (κ1) is 44.1. The maximum Gasteiger partial charge on any atom is 0.306 e. The van der Waals surface area contributed by atoms with Crippen molar-refractivity contribution in [2.24, 2.45) is 34.5 Å². The number of halogens is 2. The molecule has 0 radical (unpaired) electrons. The Hall–Kier alpha value is -3.95. The van der Waals surface area contributed by atoms with Gasteiger partial charge in [-0.15, -0.1) is 0 Å². The smallest absolute Gasteiger partial charge is 0.306 e. The molecule has 1 aromatic heterocycles. The molecule has 60 heavy (non-hydrogen) atoms. The monoisotopic (exact) mass is 858 g/mol. The molecule has 16 heteroatoms. The molecule has 3 heterocycles. The number of aromatic nitrogens is 2. The minimum absolute atomic E-state index is 0.0957. The van der Waals surface area contributed by atoms with E-state index in [1.807, 2.05) is 33.8 Å². The van der Waals surface area contributed by atoms with Gasteiger partial charge in [-0.1, -0.05) is 40.5 Å². The van der Waals surface area contributed by atoms with E-state index in [0.29, 0.717) is 48.2 Å². The van der Waals surface area contributed by atoms with Gasteiger partial charge in [0.15, 0.2) is 5.78 Å². The highest BCUT2D eigenvalue weighted by molar-refractivity contribution is 7.91. The Morgan fingerprint density at radius 3 is 2.40 bits per heavy atom. The number of aryl methyl sites for hydroxylation is 1. The van der Waals surface area contributed by atoms with Gasteiger partial charge in [0.1, 0.15) is 23.7 Å². The second-order valence-corrected chi connectivity index (χ2v) is 21.5. The van der Waals surface area contributed by atoms with Crippen LogP contribution in [-0.2, 0) is 40.4 Å². The predicted molar refractivity (Wildman–Crippen MR) is 218 cm³/mol. The Labute approximate surface area is 351 Å². The van der Waals surface area contributed by atoms with Crippen LogP contribution in [0.2, 0.25) is 0 Å². The normalized spacial score (nSPS) is 31.0. The van der Waals surface area contributed by atoms with E-state index < -0.39 is 91.9 Å². The molecule has 1 aromatic carbocycles. The van der Waals surface area contributed by atoms with Crippen molar-refractivity contribution in [1.29, 1.82) is 0 Å². The van der Waals surface area contributed by atoms with Gasteiger partial charge >= 0.3 is 5.97 Å². The van der Waals surface area contributed by atoms with Crippen molar-refractivity contribution < 1.29 is 50.6 Å². The summed E-state index contributed by atoms with van der Waals surface area (Å²) in [5.74, 6) is -4.91. The van der Waals surface area contributed by atoms with Crippen molar-refractivity contribution in [2.45, 2.75) is 154 Å². The lowest BCUT2D eigenvalue weighted by Gasteiger charge is -2.36. The maximum atomic E-state index is 15.1. The molecule has 330 valence electrons. The number of benzene rings is 1. The summed E-state index contributed by atoms with van der Waals surface area (Å²) in [6, 6.07) is 4.14. The van der Waals surface area contributed by atoms with Crippen molar-refractivity contribution in [2.75, 3.05) is 13.7 Å². The number of ketones is 1. The van der Waals surface area contributed by atoms with Gasteiger partial charge in [-0.05, 0) is 94.6 Å². The van der Waals surface area contributed by atoms with Gasteiger partial charge in [-0.3, -0.25) is 23.9 Å². The summed E-state index contributed by atoms with van der Waals surface area (Å²) < 4.78 is 74.4. The Balaban J connectivity index is 1.28. The molecule has 3 saturated carbocycles. The fraction of sp³-hybridized carbons (Fsp3) is 0.727. The molecule has 8 atom stereocenters. The van der Waals surface area contributed by atoms with Crippen molar-refractivity contribution in [3.63, 3.8) is 0 Å². The number of carbonyl (C=O) groups excluding carboxylic acids is 4. The molecule has 1 saturated heterocycles. The van der Waals surface area contributed by atoms with Crippen LogP contribution in [0.4, 0.5) is 8.78 Å². The lowest BCUT2D eigenvalue weighted by atomic mass is 9.77. The minimum atomic E-state index is -4.20. The Morgan fingerprint density at radius 1 is 1.02 bits per heavy atom. The summed E-state index contributed by atoms with van der Waals surface area (Å²) in [4.78, 5) is 68.8. The molecule has 3 aliphatic carbocycles. The zero-order valence-corrected chi connectivity index (χ0v) is 36.5. The lowest BCUT2D eigenvalue weighted by molar-refractivity contribution is -0.158. The minimum Gasteiger partial charge on any atom is -0.497 e. The first-order chi connectivity index (χ1) is 28.3. The van der Waals surface area contributed by atoms with Crippen LogP contribution in [0.25, 0.3) is 11.0 Å². The number of carbonyl (C=O) groups is 4. The van der Waals surface area contributed by atoms with E-state index >= 15 is 4.79 Å². The first-order valence-corrected chi connectivity index (χ1v) is 23.2. The van der Waals surface area contributed by atoms with Crippen LogP contribution in [0.15, 0.2) is 18.2 Å². The van der Waals surface area contributed by atoms with E-state index in [0.717, 1.165) is 44.9 Å². The van der Waals surface area contributed by atoms with Crippen molar-refractivity contribution >= 4 is 44.6 Å². The number of rotatable bonds is 9. The van der Waals surface area contributed by atoms with E-state index in [4.69, 9.17) is 24.2 Å². The number of hydrogen-bond donors (Lipinski definition) is 1. The Kier molecular flexibility index (Phi) is 12.3. The first-order valence-electron chi connectivity index (χ1n) is 21.7. The molecule has 2 amide bonds. The standard InChI is InChI=1S/C44H60F2N4O9S/c1-7-27-35-24-50(37(27)33(51)23-44(22-29(44)38(45)46)41(54)49-60(55,56)43(5)18-19-43)40(53)28(42(2,3)4)21-36(52)58-34-15-11-13-25(34)12-9-8-10-14-31-39(59-35)48-32-20-26(57-6)16-17-30(32)47-31/h16-17,20,25,27-29,34-35,37-38H,7-15,18-19,21-24H2,1-6H3,(H,49,54)/t25-,27-,28-,29+,34-,35+,37+,44-/m1/s1. The number of Topliss-reactive ketones (excluding diaryl/α,β-unsaturated/α-hetero) is 1. The topological polar surface area (TPSA) is 171 Å². The number of esters is 1. The molecular weight excluding hydrogens is 799 g/mol. The van der Waals surface area contributed by atoms with Crippen LogP contribution in [0.5, 0.6) is 11.6 Å². The van der Waals surface area contributed by atoms with Gasteiger partial charge in [0, 0.05) is 24.3 Å².